The summed E-state index contributed by atoms with van der Waals surface area (Å²) in [4.78, 5) is 8.80. The Hall–Kier alpha value is -0.450. The van der Waals surface area contributed by atoms with Crippen LogP contribution in [-0.2, 0) is 13.1 Å². The van der Waals surface area contributed by atoms with Crippen molar-refractivity contribution in [2.45, 2.75) is 13.1 Å². The molecular formula is C9H17N3S. The monoisotopic (exact) mass is 199 g/mol. The minimum Gasteiger partial charge on any atom is -0.304 e. The summed E-state index contributed by atoms with van der Waals surface area (Å²) >= 11 is 1.74. The number of rotatable bonds is 4. The van der Waals surface area contributed by atoms with Crippen molar-refractivity contribution < 1.29 is 0 Å². The van der Waals surface area contributed by atoms with E-state index >= 15 is 0 Å². The molecule has 74 valence electrons. The van der Waals surface area contributed by atoms with Crippen molar-refractivity contribution in [2.75, 3.05) is 28.2 Å². The molecule has 0 N–H and O–H groups in total. The van der Waals surface area contributed by atoms with Gasteiger partial charge in [-0.05, 0) is 28.2 Å². The number of hydrogen-bond acceptors (Lipinski definition) is 4. The zero-order valence-electron chi connectivity index (χ0n) is 8.74. The standard InChI is InChI=1S/C9H17N3S/c1-11(2)5-8-7-13-9(10-8)6-12(3)4/h7H,5-6H2,1-4H3. The molecule has 0 atom stereocenters. The largest absolute Gasteiger partial charge is 0.304 e. The van der Waals surface area contributed by atoms with E-state index in [-0.39, 0.29) is 0 Å². The Kier molecular flexibility index (Phi) is 3.84. The van der Waals surface area contributed by atoms with E-state index in [0.717, 1.165) is 13.1 Å². The molecule has 1 rings (SSSR count). The first-order valence-corrected chi connectivity index (χ1v) is 5.18. The third-order valence-corrected chi connectivity index (χ3v) is 2.41. The molecule has 0 aromatic carbocycles. The van der Waals surface area contributed by atoms with Crippen LogP contribution in [0.1, 0.15) is 10.7 Å². The Morgan fingerprint density at radius 1 is 1.15 bits per heavy atom. The van der Waals surface area contributed by atoms with Crippen LogP contribution >= 0.6 is 11.3 Å². The van der Waals surface area contributed by atoms with Gasteiger partial charge in [-0.15, -0.1) is 11.3 Å². The van der Waals surface area contributed by atoms with Gasteiger partial charge in [-0.2, -0.15) is 0 Å². The molecule has 0 radical (unpaired) electrons. The molecule has 3 nitrogen and oxygen atoms in total. The molecule has 0 saturated carbocycles. The minimum absolute atomic E-state index is 0.934. The van der Waals surface area contributed by atoms with Gasteiger partial charge in [0.15, 0.2) is 0 Å². The normalized spacial score (nSPS) is 11.5. The zero-order valence-corrected chi connectivity index (χ0v) is 9.56. The molecule has 1 heterocycles. The van der Waals surface area contributed by atoms with Gasteiger partial charge in [0.25, 0.3) is 0 Å². The Morgan fingerprint density at radius 3 is 2.31 bits per heavy atom. The smallest absolute Gasteiger partial charge is 0.107 e. The molecule has 13 heavy (non-hydrogen) atoms. The summed E-state index contributed by atoms with van der Waals surface area (Å²) in [5.41, 5.74) is 1.17. The van der Waals surface area contributed by atoms with Crippen LogP contribution in [0.3, 0.4) is 0 Å². The fraction of sp³-hybridized carbons (Fsp3) is 0.667. The summed E-state index contributed by atoms with van der Waals surface area (Å²) in [6.45, 7) is 1.88. The van der Waals surface area contributed by atoms with Crippen LogP contribution in [0.25, 0.3) is 0 Å². The molecule has 0 aliphatic heterocycles. The first-order chi connectivity index (χ1) is 6.08. The van der Waals surface area contributed by atoms with Crippen molar-refractivity contribution in [3.63, 3.8) is 0 Å². The maximum absolute atomic E-state index is 4.53. The fourth-order valence-electron chi connectivity index (χ4n) is 1.09. The number of thiazole rings is 1. The second-order valence-corrected chi connectivity index (χ2v) is 4.65. The van der Waals surface area contributed by atoms with Gasteiger partial charge in [-0.25, -0.2) is 4.98 Å². The molecule has 1 aromatic heterocycles. The Bertz CT molecular complexity index is 231. The molecule has 1 aromatic rings. The molecular weight excluding hydrogens is 182 g/mol. The van der Waals surface area contributed by atoms with Crippen LogP contribution in [0.5, 0.6) is 0 Å². The summed E-state index contributed by atoms with van der Waals surface area (Å²) < 4.78 is 0. The molecule has 0 aliphatic carbocycles. The lowest BCUT2D eigenvalue weighted by molar-refractivity contribution is 0.389. The van der Waals surface area contributed by atoms with Crippen LogP contribution in [-0.4, -0.2) is 43.0 Å². The van der Waals surface area contributed by atoms with E-state index in [9.17, 15) is 0 Å². The van der Waals surface area contributed by atoms with Crippen LogP contribution in [0.2, 0.25) is 0 Å². The summed E-state index contributed by atoms with van der Waals surface area (Å²) in [7, 11) is 8.25. The molecule has 0 unspecified atom stereocenters. The highest BCUT2D eigenvalue weighted by molar-refractivity contribution is 7.09. The highest BCUT2D eigenvalue weighted by Gasteiger charge is 2.03. The van der Waals surface area contributed by atoms with E-state index in [4.69, 9.17) is 0 Å². The minimum atomic E-state index is 0.934. The lowest BCUT2D eigenvalue weighted by Crippen LogP contribution is -2.12. The molecule has 0 bridgehead atoms. The SMILES string of the molecule is CN(C)Cc1csc(CN(C)C)n1. The summed E-state index contributed by atoms with van der Waals surface area (Å²) in [6.07, 6.45) is 0. The first kappa shape index (κ1) is 10.6. The van der Waals surface area contributed by atoms with Crippen LogP contribution in [0.4, 0.5) is 0 Å². The summed E-state index contributed by atoms with van der Waals surface area (Å²) in [6, 6.07) is 0. The van der Waals surface area contributed by atoms with Crippen molar-refractivity contribution in [1.29, 1.82) is 0 Å². The van der Waals surface area contributed by atoms with E-state index in [0.29, 0.717) is 0 Å². The van der Waals surface area contributed by atoms with Crippen LogP contribution < -0.4 is 0 Å². The van der Waals surface area contributed by atoms with E-state index in [1.165, 1.54) is 10.7 Å². The molecule has 0 saturated heterocycles. The highest BCUT2D eigenvalue weighted by Crippen LogP contribution is 2.11. The molecule has 4 heteroatoms. The van der Waals surface area contributed by atoms with Crippen molar-refractivity contribution in [2.24, 2.45) is 0 Å². The highest BCUT2D eigenvalue weighted by atomic mass is 32.1. The number of nitrogens with zero attached hydrogens (tertiary/aromatic N) is 3. The van der Waals surface area contributed by atoms with Crippen molar-refractivity contribution >= 4 is 11.3 Å². The third-order valence-electron chi connectivity index (χ3n) is 1.53. The second-order valence-electron chi connectivity index (χ2n) is 3.71. The number of aromatic nitrogens is 1. The van der Waals surface area contributed by atoms with E-state index in [1.54, 1.807) is 11.3 Å². The van der Waals surface area contributed by atoms with Gasteiger partial charge in [-0.1, -0.05) is 0 Å². The average molecular weight is 199 g/mol. The van der Waals surface area contributed by atoms with E-state index < -0.39 is 0 Å². The Balaban J connectivity index is 2.53. The van der Waals surface area contributed by atoms with Crippen molar-refractivity contribution in [1.82, 2.24) is 14.8 Å². The van der Waals surface area contributed by atoms with Crippen molar-refractivity contribution in [3.05, 3.63) is 16.1 Å². The Morgan fingerprint density at radius 2 is 1.77 bits per heavy atom. The lowest BCUT2D eigenvalue weighted by Gasteiger charge is -2.07. The van der Waals surface area contributed by atoms with Crippen LogP contribution in [0, 0.1) is 0 Å². The van der Waals surface area contributed by atoms with E-state index in [2.05, 4.69) is 48.4 Å². The van der Waals surface area contributed by atoms with Gasteiger partial charge in [0.05, 0.1) is 5.69 Å². The van der Waals surface area contributed by atoms with Gasteiger partial charge >= 0.3 is 0 Å². The van der Waals surface area contributed by atoms with Gasteiger partial charge in [-0.3, -0.25) is 0 Å². The van der Waals surface area contributed by atoms with Gasteiger partial charge in [0.2, 0.25) is 0 Å². The topological polar surface area (TPSA) is 19.4 Å². The van der Waals surface area contributed by atoms with Gasteiger partial charge in [0, 0.05) is 18.5 Å². The lowest BCUT2D eigenvalue weighted by atomic mass is 10.4. The molecule has 0 fully saturated rings. The summed E-state index contributed by atoms with van der Waals surface area (Å²) in [5.74, 6) is 0. The maximum atomic E-state index is 4.53. The molecule has 0 aliphatic rings. The third kappa shape index (κ3) is 3.85. The Labute approximate surface area is 84.0 Å². The zero-order chi connectivity index (χ0) is 9.84. The predicted octanol–water partition coefficient (Wildman–Crippen LogP) is 1.27. The second kappa shape index (κ2) is 4.69. The van der Waals surface area contributed by atoms with Gasteiger partial charge in [0.1, 0.15) is 5.01 Å². The maximum Gasteiger partial charge on any atom is 0.107 e. The summed E-state index contributed by atoms with van der Waals surface area (Å²) in [5, 5.41) is 3.33. The molecule has 0 spiro atoms. The van der Waals surface area contributed by atoms with Crippen molar-refractivity contribution in [3.8, 4) is 0 Å². The quantitative estimate of drug-likeness (QED) is 0.728. The number of hydrogen-bond donors (Lipinski definition) is 0. The van der Waals surface area contributed by atoms with Gasteiger partial charge < -0.3 is 9.80 Å². The average Bonchev–Trinajstić information content (AvgIpc) is 2.33. The molecule has 0 amide bonds. The predicted molar refractivity (Wildman–Crippen MR) is 56.9 cm³/mol. The van der Waals surface area contributed by atoms with Crippen LogP contribution in [0.15, 0.2) is 5.38 Å². The first-order valence-electron chi connectivity index (χ1n) is 4.30. The fourth-order valence-corrected chi connectivity index (χ4v) is 1.99. The van der Waals surface area contributed by atoms with E-state index in [1.807, 2.05) is 0 Å².